The van der Waals surface area contributed by atoms with Gasteiger partial charge in [-0.1, -0.05) is 18.2 Å². The van der Waals surface area contributed by atoms with Crippen molar-refractivity contribution in [3.05, 3.63) is 29.8 Å². The summed E-state index contributed by atoms with van der Waals surface area (Å²) < 4.78 is 33.2. The van der Waals surface area contributed by atoms with E-state index in [0.717, 1.165) is 5.56 Å². The minimum absolute atomic E-state index is 0.110. The van der Waals surface area contributed by atoms with E-state index in [1.807, 2.05) is 18.2 Å². The highest BCUT2D eigenvalue weighted by Crippen LogP contribution is 2.33. The normalized spacial score (nSPS) is 19.3. The van der Waals surface area contributed by atoms with Gasteiger partial charge in [0.25, 0.3) is 0 Å². The molecule has 1 aromatic carbocycles. The molecule has 1 aliphatic heterocycles. The zero-order valence-corrected chi connectivity index (χ0v) is 11.7. The summed E-state index contributed by atoms with van der Waals surface area (Å²) in [5.41, 5.74) is 7.54. The van der Waals surface area contributed by atoms with Crippen LogP contribution in [0.25, 0.3) is 0 Å². The molecule has 2 rings (SSSR count). The van der Waals surface area contributed by atoms with E-state index >= 15 is 0 Å². The predicted octanol–water partition coefficient (Wildman–Crippen LogP) is 0.377. The number of nitrogens with one attached hydrogen (secondary N) is 1. The summed E-state index contributed by atoms with van der Waals surface area (Å²) in [5, 5.41) is 0. The number of anilines is 1. The third kappa shape index (κ3) is 3.06. The van der Waals surface area contributed by atoms with E-state index in [1.165, 1.54) is 11.4 Å². The van der Waals surface area contributed by atoms with Crippen LogP contribution in [0.2, 0.25) is 0 Å². The number of nitrogens with zero attached hydrogens (tertiary/aromatic N) is 1. The second kappa shape index (κ2) is 5.87. The van der Waals surface area contributed by atoms with Crippen LogP contribution in [0, 0.1) is 0 Å². The highest BCUT2D eigenvalue weighted by molar-refractivity contribution is 7.90. The van der Waals surface area contributed by atoms with Gasteiger partial charge < -0.3 is 10.5 Å². The highest BCUT2D eigenvalue weighted by Gasteiger charge is 2.29. The van der Waals surface area contributed by atoms with Gasteiger partial charge in [-0.15, -0.1) is 0 Å². The van der Waals surface area contributed by atoms with E-state index in [-0.39, 0.29) is 12.6 Å². The van der Waals surface area contributed by atoms with Crippen molar-refractivity contribution in [1.82, 2.24) is 4.72 Å². The van der Waals surface area contributed by atoms with Crippen LogP contribution in [-0.2, 0) is 14.9 Å². The first kappa shape index (κ1) is 14.3. The maximum Gasteiger partial charge on any atom is 0.301 e. The average molecular weight is 285 g/mol. The minimum atomic E-state index is -3.54. The smallest absolute Gasteiger partial charge is 0.301 e. The molecule has 0 fully saturated rings. The molecule has 1 aromatic rings. The quantitative estimate of drug-likeness (QED) is 0.766. The lowest BCUT2D eigenvalue weighted by Crippen LogP contribution is -2.45. The van der Waals surface area contributed by atoms with Crippen molar-refractivity contribution >= 4 is 15.9 Å². The summed E-state index contributed by atoms with van der Waals surface area (Å²) >= 11 is 0. The molecular formula is C12H19N3O3S. The predicted molar refractivity (Wildman–Crippen MR) is 74.1 cm³/mol. The molecule has 0 spiro atoms. The van der Waals surface area contributed by atoms with Crippen LogP contribution < -0.4 is 14.8 Å². The third-order valence-corrected chi connectivity index (χ3v) is 4.66. The average Bonchev–Trinajstić information content (AvgIpc) is 2.39. The van der Waals surface area contributed by atoms with E-state index in [0.29, 0.717) is 25.3 Å². The molecular weight excluding hydrogens is 266 g/mol. The molecule has 1 heterocycles. The number of hydrogen-bond acceptors (Lipinski definition) is 4. The minimum Gasteiger partial charge on any atom is -0.383 e. The zero-order valence-electron chi connectivity index (χ0n) is 10.9. The molecule has 0 amide bonds. The molecule has 3 N–H and O–H groups in total. The Morgan fingerprint density at radius 3 is 2.95 bits per heavy atom. The first-order chi connectivity index (χ1) is 9.06. The Morgan fingerprint density at radius 2 is 2.21 bits per heavy atom. The van der Waals surface area contributed by atoms with E-state index in [2.05, 4.69) is 4.72 Å². The zero-order chi connectivity index (χ0) is 13.9. The van der Waals surface area contributed by atoms with Crippen molar-refractivity contribution in [3.8, 4) is 0 Å². The van der Waals surface area contributed by atoms with Gasteiger partial charge in [-0.2, -0.15) is 13.1 Å². The molecule has 1 atom stereocenters. The SMILES string of the molecule is COCCNS(=O)(=O)N1CCC(N)c2ccccc21. The molecule has 1 aliphatic rings. The van der Waals surface area contributed by atoms with Crippen LogP contribution in [0.3, 0.4) is 0 Å². The number of fused-ring (bicyclic) bond motifs is 1. The first-order valence-electron chi connectivity index (χ1n) is 6.17. The van der Waals surface area contributed by atoms with Crippen LogP contribution in [0.1, 0.15) is 18.0 Å². The lowest BCUT2D eigenvalue weighted by Gasteiger charge is -2.33. The Balaban J connectivity index is 2.24. The van der Waals surface area contributed by atoms with E-state index < -0.39 is 10.2 Å². The number of para-hydroxylation sites is 1. The molecule has 19 heavy (non-hydrogen) atoms. The Morgan fingerprint density at radius 1 is 1.47 bits per heavy atom. The topological polar surface area (TPSA) is 84.7 Å². The number of hydrogen-bond donors (Lipinski definition) is 2. The van der Waals surface area contributed by atoms with Crippen molar-refractivity contribution in [2.45, 2.75) is 12.5 Å². The van der Waals surface area contributed by atoms with Crippen molar-refractivity contribution in [2.75, 3.05) is 31.1 Å². The number of rotatable bonds is 5. The largest absolute Gasteiger partial charge is 0.383 e. The number of ether oxygens (including phenoxy) is 1. The number of nitrogens with two attached hydrogens (primary N) is 1. The monoisotopic (exact) mass is 285 g/mol. The van der Waals surface area contributed by atoms with Gasteiger partial charge in [0.2, 0.25) is 0 Å². The Kier molecular flexibility index (Phi) is 4.41. The molecule has 0 aromatic heterocycles. The standard InChI is InChI=1S/C12H19N3O3S/c1-18-9-7-14-19(16,17)15-8-6-11(13)10-4-2-3-5-12(10)15/h2-5,11,14H,6-9,13H2,1H3. The molecule has 0 saturated heterocycles. The van der Waals surface area contributed by atoms with E-state index in [1.54, 1.807) is 6.07 Å². The summed E-state index contributed by atoms with van der Waals surface area (Å²) in [6.07, 6.45) is 0.613. The van der Waals surface area contributed by atoms with Crippen LogP contribution >= 0.6 is 0 Å². The summed E-state index contributed by atoms with van der Waals surface area (Å²) in [7, 11) is -2.01. The Hall–Kier alpha value is -1.15. The van der Waals surface area contributed by atoms with Crippen LogP contribution in [0.5, 0.6) is 0 Å². The molecule has 0 aliphatic carbocycles. The summed E-state index contributed by atoms with van der Waals surface area (Å²) in [4.78, 5) is 0. The van der Waals surface area contributed by atoms with Crippen LogP contribution in [0.4, 0.5) is 5.69 Å². The van der Waals surface area contributed by atoms with Crippen LogP contribution in [0.15, 0.2) is 24.3 Å². The lowest BCUT2D eigenvalue weighted by atomic mass is 9.99. The second-order valence-corrected chi connectivity index (χ2v) is 6.10. The highest BCUT2D eigenvalue weighted by atomic mass is 32.2. The molecule has 106 valence electrons. The van der Waals surface area contributed by atoms with Gasteiger partial charge in [0.05, 0.1) is 12.3 Å². The molecule has 7 heteroatoms. The Labute approximate surface area is 113 Å². The molecule has 0 bridgehead atoms. The van der Waals surface area contributed by atoms with E-state index in [4.69, 9.17) is 10.5 Å². The van der Waals surface area contributed by atoms with Crippen molar-refractivity contribution < 1.29 is 13.2 Å². The fourth-order valence-corrected chi connectivity index (χ4v) is 3.43. The molecule has 1 unspecified atom stereocenters. The third-order valence-electron chi connectivity index (χ3n) is 3.13. The maximum atomic E-state index is 12.2. The van der Waals surface area contributed by atoms with Gasteiger partial charge >= 0.3 is 10.2 Å². The summed E-state index contributed by atoms with van der Waals surface area (Å²) in [5.74, 6) is 0. The number of methoxy groups -OCH3 is 1. The Bertz CT molecular complexity index is 533. The van der Waals surface area contributed by atoms with E-state index in [9.17, 15) is 8.42 Å². The van der Waals surface area contributed by atoms with Crippen molar-refractivity contribution in [3.63, 3.8) is 0 Å². The maximum absolute atomic E-state index is 12.2. The van der Waals surface area contributed by atoms with Gasteiger partial charge in [-0.05, 0) is 18.1 Å². The van der Waals surface area contributed by atoms with Crippen LogP contribution in [-0.4, -0.2) is 35.2 Å². The van der Waals surface area contributed by atoms with Gasteiger partial charge in [0.15, 0.2) is 0 Å². The second-order valence-electron chi connectivity index (χ2n) is 4.42. The van der Waals surface area contributed by atoms with Gasteiger partial charge in [0.1, 0.15) is 0 Å². The summed E-state index contributed by atoms with van der Waals surface area (Å²) in [6, 6.07) is 7.23. The fourth-order valence-electron chi connectivity index (χ4n) is 2.16. The van der Waals surface area contributed by atoms with Crippen molar-refractivity contribution in [1.29, 1.82) is 0 Å². The van der Waals surface area contributed by atoms with Gasteiger partial charge in [-0.3, -0.25) is 4.31 Å². The fraction of sp³-hybridized carbons (Fsp3) is 0.500. The summed E-state index contributed by atoms with van der Waals surface area (Å²) in [6.45, 7) is 0.984. The molecule has 0 radical (unpaired) electrons. The first-order valence-corrected chi connectivity index (χ1v) is 7.61. The molecule has 0 saturated carbocycles. The molecule has 6 nitrogen and oxygen atoms in total. The van der Waals surface area contributed by atoms with Gasteiger partial charge in [0, 0.05) is 26.2 Å². The van der Waals surface area contributed by atoms with Gasteiger partial charge in [-0.25, -0.2) is 0 Å². The number of benzene rings is 1. The van der Waals surface area contributed by atoms with Crippen molar-refractivity contribution in [2.24, 2.45) is 5.73 Å². The lowest BCUT2D eigenvalue weighted by molar-refractivity contribution is 0.204.